The fraction of sp³-hybridized carbons (Fsp3) is 0.444. The van der Waals surface area contributed by atoms with Crippen molar-refractivity contribution in [3.05, 3.63) is 30.1 Å². The molecule has 1 aromatic rings. The van der Waals surface area contributed by atoms with Crippen LogP contribution in [0.5, 0.6) is 0 Å². The highest BCUT2D eigenvalue weighted by Gasteiger charge is 2.03. The Labute approximate surface area is 67.5 Å². The first-order valence-corrected chi connectivity index (χ1v) is 3.95. The second kappa shape index (κ2) is 4.09. The van der Waals surface area contributed by atoms with Gasteiger partial charge in [0.25, 0.3) is 0 Å². The molecule has 0 spiro atoms. The van der Waals surface area contributed by atoms with Crippen LogP contribution >= 0.6 is 0 Å². The molecule has 1 heterocycles. The number of nitrogens with two attached hydrogens (primary N) is 1. The van der Waals surface area contributed by atoms with Gasteiger partial charge < -0.3 is 5.73 Å². The maximum absolute atomic E-state index is 5.44. The normalized spacial score (nSPS) is 12.9. The van der Waals surface area contributed by atoms with Gasteiger partial charge in [0.15, 0.2) is 0 Å². The summed E-state index contributed by atoms with van der Waals surface area (Å²) in [5.41, 5.74) is 6.58. The van der Waals surface area contributed by atoms with Gasteiger partial charge in [-0.15, -0.1) is 0 Å². The van der Waals surface area contributed by atoms with Crippen LogP contribution in [-0.4, -0.2) is 11.5 Å². The zero-order valence-electron chi connectivity index (χ0n) is 6.83. The van der Waals surface area contributed by atoms with E-state index in [0.717, 1.165) is 18.7 Å². The second-order valence-electron chi connectivity index (χ2n) is 2.73. The van der Waals surface area contributed by atoms with Gasteiger partial charge in [0.1, 0.15) is 0 Å². The fourth-order valence-corrected chi connectivity index (χ4v) is 1.07. The number of hydrogen-bond acceptors (Lipinski definition) is 2. The van der Waals surface area contributed by atoms with Crippen molar-refractivity contribution in [3.63, 3.8) is 0 Å². The summed E-state index contributed by atoms with van der Waals surface area (Å²) in [5, 5.41) is 0. The van der Waals surface area contributed by atoms with E-state index in [0.29, 0.717) is 5.92 Å². The van der Waals surface area contributed by atoms with Crippen molar-refractivity contribution >= 4 is 0 Å². The third-order valence-electron chi connectivity index (χ3n) is 1.79. The van der Waals surface area contributed by atoms with Crippen molar-refractivity contribution < 1.29 is 0 Å². The standard InChI is InChI=1S/C9H14N2/c1-8(5-6-10)9-4-2-3-7-11-9/h2-4,7-8H,5-6,10H2,1H3. The number of pyridine rings is 1. The molecule has 0 aliphatic carbocycles. The first-order valence-electron chi connectivity index (χ1n) is 3.95. The van der Waals surface area contributed by atoms with E-state index >= 15 is 0 Å². The van der Waals surface area contributed by atoms with Crippen LogP contribution in [-0.2, 0) is 0 Å². The highest BCUT2D eigenvalue weighted by molar-refractivity contribution is 5.08. The maximum Gasteiger partial charge on any atom is 0.0432 e. The molecule has 0 aliphatic heterocycles. The molecule has 0 saturated carbocycles. The van der Waals surface area contributed by atoms with Gasteiger partial charge in [-0.2, -0.15) is 0 Å². The molecular weight excluding hydrogens is 136 g/mol. The number of aromatic nitrogens is 1. The van der Waals surface area contributed by atoms with Gasteiger partial charge in [0.05, 0.1) is 0 Å². The summed E-state index contributed by atoms with van der Waals surface area (Å²) in [7, 11) is 0. The number of hydrogen-bond donors (Lipinski definition) is 1. The zero-order valence-corrected chi connectivity index (χ0v) is 6.83. The molecular formula is C9H14N2. The molecule has 0 saturated heterocycles. The molecule has 1 unspecified atom stereocenters. The summed E-state index contributed by atoms with van der Waals surface area (Å²) in [6, 6.07) is 5.98. The monoisotopic (exact) mass is 150 g/mol. The molecule has 60 valence electrons. The quantitative estimate of drug-likeness (QED) is 0.709. The Morgan fingerprint density at radius 2 is 2.36 bits per heavy atom. The maximum atomic E-state index is 5.44. The summed E-state index contributed by atoms with van der Waals surface area (Å²) >= 11 is 0. The van der Waals surface area contributed by atoms with Crippen LogP contribution in [0.4, 0.5) is 0 Å². The zero-order chi connectivity index (χ0) is 8.10. The molecule has 2 nitrogen and oxygen atoms in total. The van der Waals surface area contributed by atoms with Crippen molar-refractivity contribution in [2.75, 3.05) is 6.54 Å². The van der Waals surface area contributed by atoms with E-state index in [9.17, 15) is 0 Å². The molecule has 0 radical (unpaired) electrons. The van der Waals surface area contributed by atoms with Crippen molar-refractivity contribution in [2.24, 2.45) is 5.73 Å². The largest absolute Gasteiger partial charge is 0.330 e. The Morgan fingerprint density at radius 3 is 2.91 bits per heavy atom. The predicted octanol–water partition coefficient (Wildman–Crippen LogP) is 1.53. The third kappa shape index (κ3) is 2.31. The number of nitrogens with zero attached hydrogens (tertiary/aromatic N) is 1. The Hall–Kier alpha value is -0.890. The van der Waals surface area contributed by atoms with Gasteiger partial charge in [-0.3, -0.25) is 4.98 Å². The van der Waals surface area contributed by atoms with E-state index in [-0.39, 0.29) is 0 Å². The molecule has 0 bridgehead atoms. The molecule has 1 atom stereocenters. The molecule has 2 heteroatoms. The minimum absolute atomic E-state index is 0.487. The lowest BCUT2D eigenvalue weighted by atomic mass is 10.0. The molecule has 0 aromatic carbocycles. The van der Waals surface area contributed by atoms with Crippen LogP contribution in [0, 0.1) is 0 Å². The Kier molecular flexibility index (Phi) is 3.05. The van der Waals surface area contributed by atoms with E-state index in [2.05, 4.69) is 11.9 Å². The molecule has 1 rings (SSSR count). The van der Waals surface area contributed by atoms with Gasteiger partial charge >= 0.3 is 0 Å². The highest BCUT2D eigenvalue weighted by atomic mass is 14.7. The lowest BCUT2D eigenvalue weighted by Crippen LogP contribution is -2.05. The van der Waals surface area contributed by atoms with Crippen LogP contribution in [0.1, 0.15) is 25.0 Å². The van der Waals surface area contributed by atoms with Gasteiger partial charge in [-0.05, 0) is 31.0 Å². The first-order chi connectivity index (χ1) is 5.34. The molecule has 0 aliphatic rings. The van der Waals surface area contributed by atoms with Gasteiger partial charge in [0, 0.05) is 11.9 Å². The summed E-state index contributed by atoms with van der Waals surface area (Å²) in [5.74, 6) is 0.487. The average molecular weight is 150 g/mol. The summed E-state index contributed by atoms with van der Waals surface area (Å²) in [6.07, 6.45) is 2.83. The van der Waals surface area contributed by atoms with Gasteiger partial charge in [-0.25, -0.2) is 0 Å². The van der Waals surface area contributed by atoms with Crippen LogP contribution in [0.3, 0.4) is 0 Å². The van der Waals surface area contributed by atoms with Crippen LogP contribution in [0.25, 0.3) is 0 Å². The summed E-state index contributed by atoms with van der Waals surface area (Å²) in [6.45, 7) is 2.88. The Balaban J connectivity index is 2.61. The average Bonchev–Trinajstić information content (AvgIpc) is 2.07. The molecule has 1 aromatic heterocycles. The van der Waals surface area contributed by atoms with E-state index in [4.69, 9.17) is 5.73 Å². The minimum Gasteiger partial charge on any atom is -0.330 e. The first kappa shape index (κ1) is 8.21. The van der Waals surface area contributed by atoms with E-state index in [1.807, 2.05) is 24.4 Å². The number of rotatable bonds is 3. The van der Waals surface area contributed by atoms with Crippen molar-refractivity contribution in [1.29, 1.82) is 0 Å². The van der Waals surface area contributed by atoms with Gasteiger partial charge in [-0.1, -0.05) is 13.0 Å². The minimum atomic E-state index is 0.487. The Bertz CT molecular complexity index is 196. The summed E-state index contributed by atoms with van der Waals surface area (Å²) in [4.78, 5) is 4.24. The molecule has 0 fully saturated rings. The fourth-order valence-electron chi connectivity index (χ4n) is 1.07. The lowest BCUT2D eigenvalue weighted by Gasteiger charge is -2.07. The molecule has 2 N–H and O–H groups in total. The van der Waals surface area contributed by atoms with Crippen molar-refractivity contribution in [2.45, 2.75) is 19.3 Å². The smallest absolute Gasteiger partial charge is 0.0432 e. The van der Waals surface area contributed by atoms with Crippen LogP contribution in [0.2, 0.25) is 0 Å². The van der Waals surface area contributed by atoms with Gasteiger partial charge in [0.2, 0.25) is 0 Å². The van der Waals surface area contributed by atoms with E-state index in [1.54, 1.807) is 0 Å². The lowest BCUT2D eigenvalue weighted by molar-refractivity contribution is 0.670. The van der Waals surface area contributed by atoms with Crippen molar-refractivity contribution in [3.8, 4) is 0 Å². The molecule has 0 amide bonds. The van der Waals surface area contributed by atoms with Crippen LogP contribution < -0.4 is 5.73 Å². The topological polar surface area (TPSA) is 38.9 Å². The predicted molar refractivity (Wildman–Crippen MR) is 46.3 cm³/mol. The SMILES string of the molecule is CC(CCN)c1ccccn1. The second-order valence-corrected chi connectivity index (χ2v) is 2.73. The van der Waals surface area contributed by atoms with Crippen LogP contribution in [0.15, 0.2) is 24.4 Å². The van der Waals surface area contributed by atoms with Crippen molar-refractivity contribution in [1.82, 2.24) is 4.98 Å². The third-order valence-corrected chi connectivity index (χ3v) is 1.79. The van der Waals surface area contributed by atoms with E-state index < -0.39 is 0 Å². The molecule has 11 heavy (non-hydrogen) atoms. The summed E-state index contributed by atoms with van der Waals surface area (Å²) < 4.78 is 0. The Morgan fingerprint density at radius 1 is 1.55 bits per heavy atom. The highest BCUT2D eigenvalue weighted by Crippen LogP contribution is 2.14. The van der Waals surface area contributed by atoms with E-state index in [1.165, 1.54) is 0 Å².